The highest BCUT2D eigenvalue weighted by Gasteiger charge is 2.13. The average Bonchev–Trinajstić information content (AvgIpc) is 2.75. The summed E-state index contributed by atoms with van der Waals surface area (Å²) in [5.74, 6) is 0.648. The lowest BCUT2D eigenvalue weighted by molar-refractivity contribution is 0.414. The molecule has 0 radical (unpaired) electrons. The minimum absolute atomic E-state index is 0.155. The van der Waals surface area contributed by atoms with E-state index in [2.05, 4.69) is 15.9 Å². The maximum absolute atomic E-state index is 6.19. The zero-order valence-corrected chi connectivity index (χ0v) is 12.3. The molecule has 17 heavy (non-hydrogen) atoms. The van der Waals surface area contributed by atoms with Crippen molar-refractivity contribution >= 4 is 38.9 Å². The van der Waals surface area contributed by atoms with Crippen LogP contribution in [0.3, 0.4) is 0 Å². The van der Waals surface area contributed by atoms with E-state index in [-0.39, 0.29) is 6.04 Å². The third-order valence-corrected chi connectivity index (χ3v) is 4.52. The van der Waals surface area contributed by atoms with E-state index in [0.29, 0.717) is 10.8 Å². The van der Waals surface area contributed by atoms with Crippen LogP contribution in [0.15, 0.2) is 34.1 Å². The summed E-state index contributed by atoms with van der Waals surface area (Å²) >= 11 is 11.0. The summed E-state index contributed by atoms with van der Waals surface area (Å²) in [6.45, 7) is 0. The van der Waals surface area contributed by atoms with Gasteiger partial charge in [-0.3, -0.25) is 0 Å². The number of rotatable bonds is 3. The van der Waals surface area contributed by atoms with Crippen LogP contribution in [0.5, 0.6) is 5.75 Å². The second-order valence-corrected chi connectivity index (χ2v) is 5.80. The van der Waals surface area contributed by atoms with Crippen molar-refractivity contribution in [1.82, 2.24) is 0 Å². The van der Waals surface area contributed by atoms with Crippen molar-refractivity contribution in [2.45, 2.75) is 6.04 Å². The lowest BCUT2D eigenvalue weighted by Gasteiger charge is -2.12. The number of hydrogen-bond donors (Lipinski definition) is 1. The van der Waals surface area contributed by atoms with Gasteiger partial charge in [0.1, 0.15) is 5.75 Å². The number of halogens is 2. The third-order valence-electron chi connectivity index (χ3n) is 2.43. The fourth-order valence-corrected chi connectivity index (χ4v) is 3.19. The summed E-state index contributed by atoms with van der Waals surface area (Å²) in [6, 6.07) is 7.47. The molecule has 2 rings (SSSR count). The van der Waals surface area contributed by atoms with Gasteiger partial charge in [-0.05, 0) is 39.7 Å². The average molecular weight is 333 g/mol. The van der Waals surface area contributed by atoms with Crippen LogP contribution in [0, 0.1) is 0 Å². The van der Waals surface area contributed by atoms with Crippen LogP contribution >= 0.6 is 38.9 Å². The van der Waals surface area contributed by atoms with Crippen molar-refractivity contribution in [2.75, 3.05) is 7.11 Å². The highest BCUT2D eigenvalue weighted by atomic mass is 79.9. The molecule has 1 atom stereocenters. The maximum atomic E-state index is 6.19. The summed E-state index contributed by atoms with van der Waals surface area (Å²) in [5.41, 5.74) is 7.18. The van der Waals surface area contributed by atoms with Crippen molar-refractivity contribution in [2.24, 2.45) is 5.73 Å². The molecule has 2 aromatic rings. The van der Waals surface area contributed by atoms with E-state index in [1.165, 1.54) is 0 Å². The van der Waals surface area contributed by atoms with E-state index in [0.717, 1.165) is 14.9 Å². The summed E-state index contributed by atoms with van der Waals surface area (Å²) in [6.07, 6.45) is 0. The van der Waals surface area contributed by atoms with Gasteiger partial charge in [-0.2, -0.15) is 0 Å². The predicted molar refractivity (Wildman–Crippen MR) is 76.1 cm³/mol. The molecule has 0 aliphatic heterocycles. The predicted octanol–water partition coefficient (Wildman–Crippen LogP) is 4.22. The van der Waals surface area contributed by atoms with Crippen molar-refractivity contribution in [3.05, 3.63) is 49.6 Å². The second-order valence-electron chi connectivity index (χ2n) is 3.54. The van der Waals surface area contributed by atoms with E-state index in [9.17, 15) is 0 Å². The lowest BCUT2D eigenvalue weighted by Crippen LogP contribution is -2.10. The first-order valence-corrected chi connectivity index (χ1v) is 7.00. The molecular formula is C12H11BrClNOS. The Morgan fingerprint density at radius 3 is 2.76 bits per heavy atom. The number of methoxy groups -OCH3 is 1. The van der Waals surface area contributed by atoms with Crippen LogP contribution in [-0.4, -0.2) is 7.11 Å². The van der Waals surface area contributed by atoms with Crippen molar-refractivity contribution in [3.8, 4) is 5.75 Å². The molecule has 0 aliphatic rings. The molecule has 0 aliphatic carbocycles. The van der Waals surface area contributed by atoms with Crippen LogP contribution in [0.1, 0.15) is 16.5 Å². The fraction of sp³-hybridized carbons (Fsp3) is 0.167. The minimum atomic E-state index is -0.155. The van der Waals surface area contributed by atoms with Crippen LogP contribution < -0.4 is 10.5 Å². The van der Waals surface area contributed by atoms with Crippen molar-refractivity contribution < 1.29 is 4.74 Å². The van der Waals surface area contributed by atoms with E-state index in [4.69, 9.17) is 22.1 Å². The minimum Gasteiger partial charge on any atom is -0.495 e. The van der Waals surface area contributed by atoms with Gasteiger partial charge < -0.3 is 10.5 Å². The number of hydrogen-bond acceptors (Lipinski definition) is 3. The molecule has 1 aromatic carbocycles. The Hall–Kier alpha value is -0.550. The van der Waals surface area contributed by atoms with Gasteiger partial charge in [-0.1, -0.05) is 17.7 Å². The second kappa shape index (κ2) is 5.40. The molecule has 2 nitrogen and oxygen atoms in total. The molecule has 0 spiro atoms. The molecule has 2 N–H and O–H groups in total. The van der Waals surface area contributed by atoms with Gasteiger partial charge >= 0.3 is 0 Å². The molecule has 0 saturated heterocycles. The first-order valence-electron chi connectivity index (χ1n) is 4.94. The largest absolute Gasteiger partial charge is 0.495 e. The molecule has 1 aromatic heterocycles. The Bertz CT molecular complexity index is 529. The Labute approximate surface area is 117 Å². The zero-order chi connectivity index (χ0) is 12.4. The van der Waals surface area contributed by atoms with Gasteiger partial charge in [0.15, 0.2) is 0 Å². The molecule has 1 heterocycles. The van der Waals surface area contributed by atoms with Crippen LogP contribution in [0.25, 0.3) is 0 Å². The molecule has 0 fully saturated rings. The summed E-state index contributed by atoms with van der Waals surface area (Å²) < 4.78 is 6.23. The van der Waals surface area contributed by atoms with E-state index >= 15 is 0 Å². The molecule has 5 heteroatoms. The highest BCUT2D eigenvalue weighted by molar-refractivity contribution is 9.10. The van der Waals surface area contributed by atoms with Crippen LogP contribution in [-0.2, 0) is 0 Å². The van der Waals surface area contributed by atoms with Gasteiger partial charge in [-0.25, -0.2) is 0 Å². The summed E-state index contributed by atoms with van der Waals surface area (Å²) in [5, 5.41) is 2.61. The Morgan fingerprint density at radius 2 is 2.18 bits per heavy atom. The van der Waals surface area contributed by atoms with Crippen molar-refractivity contribution in [1.29, 1.82) is 0 Å². The lowest BCUT2D eigenvalue weighted by atomic mass is 10.1. The van der Waals surface area contributed by atoms with E-state index < -0.39 is 0 Å². The Balaban J connectivity index is 2.34. The first kappa shape index (κ1) is 12.9. The van der Waals surface area contributed by atoms with Crippen LogP contribution in [0.2, 0.25) is 5.02 Å². The standard InChI is InChI=1S/C12H11BrClNOS/c1-16-10-4-7(2-3-9(10)14)12(15)11-5-8(13)6-17-11/h2-6,12H,15H2,1H3. The zero-order valence-electron chi connectivity index (χ0n) is 9.11. The monoisotopic (exact) mass is 331 g/mol. The normalized spacial score (nSPS) is 12.5. The van der Waals surface area contributed by atoms with Gasteiger partial charge in [0.2, 0.25) is 0 Å². The quantitative estimate of drug-likeness (QED) is 0.913. The van der Waals surface area contributed by atoms with Gasteiger partial charge in [0.25, 0.3) is 0 Å². The first-order chi connectivity index (χ1) is 8.11. The molecule has 0 bridgehead atoms. The SMILES string of the molecule is COc1cc(C(N)c2cc(Br)cs2)ccc1Cl. The van der Waals surface area contributed by atoms with Crippen molar-refractivity contribution in [3.63, 3.8) is 0 Å². The van der Waals surface area contributed by atoms with E-state index in [1.54, 1.807) is 24.5 Å². The molecular weight excluding hydrogens is 322 g/mol. The molecule has 0 saturated carbocycles. The number of thiophene rings is 1. The van der Waals surface area contributed by atoms with E-state index in [1.807, 2.05) is 23.6 Å². The number of benzene rings is 1. The molecule has 0 amide bonds. The number of nitrogens with two attached hydrogens (primary N) is 1. The van der Waals surface area contributed by atoms with Gasteiger partial charge in [-0.15, -0.1) is 11.3 Å². The molecule has 90 valence electrons. The Kier molecular flexibility index (Phi) is 4.09. The third kappa shape index (κ3) is 2.83. The summed E-state index contributed by atoms with van der Waals surface area (Å²) in [7, 11) is 1.60. The van der Waals surface area contributed by atoms with Gasteiger partial charge in [0, 0.05) is 14.7 Å². The van der Waals surface area contributed by atoms with Crippen LogP contribution in [0.4, 0.5) is 0 Å². The maximum Gasteiger partial charge on any atom is 0.137 e. The number of ether oxygens (including phenoxy) is 1. The highest BCUT2D eigenvalue weighted by Crippen LogP contribution is 2.32. The fourth-order valence-electron chi connectivity index (χ4n) is 1.53. The van der Waals surface area contributed by atoms with Gasteiger partial charge in [0.05, 0.1) is 18.2 Å². The smallest absolute Gasteiger partial charge is 0.137 e. The summed E-state index contributed by atoms with van der Waals surface area (Å²) in [4.78, 5) is 1.10. The Morgan fingerprint density at radius 1 is 1.41 bits per heavy atom. The molecule has 1 unspecified atom stereocenters. The topological polar surface area (TPSA) is 35.2 Å².